The molecule has 0 spiro atoms. The van der Waals surface area contributed by atoms with Gasteiger partial charge in [0, 0.05) is 10.9 Å². The molecule has 0 aliphatic heterocycles. The number of nitrogens with one attached hydrogen (secondary N) is 1. The lowest BCUT2D eigenvalue weighted by molar-refractivity contribution is 0.0973. The van der Waals surface area contributed by atoms with E-state index >= 15 is 0 Å². The minimum atomic E-state index is -0.194. The van der Waals surface area contributed by atoms with Crippen LogP contribution in [0.4, 0.5) is 0 Å². The number of ketones is 1. The number of fused-ring (bicyclic) bond motifs is 2. The maximum atomic E-state index is 13.3. The number of benzene rings is 2. The number of aromatic amines is 1. The molecule has 0 atom stereocenters. The zero-order chi connectivity index (χ0) is 19.1. The summed E-state index contributed by atoms with van der Waals surface area (Å²) in [6, 6.07) is 19.2. The molecular weight excluding hydrogens is 370 g/mol. The van der Waals surface area contributed by atoms with Crippen molar-refractivity contribution in [3.8, 4) is 11.3 Å². The zero-order valence-electron chi connectivity index (χ0n) is 14.8. The molecule has 0 bridgehead atoms. The highest BCUT2D eigenvalue weighted by Crippen LogP contribution is 2.31. The molecule has 0 fully saturated rings. The first-order valence-electron chi connectivity index (χ1n) is 8.84. The first kappa shape index (κ1) is 16.6. The first-order chi connectivity index (χ1) is 13.7. The van der Waals surface area contributed by atoms with Crippen LogP contribution in [-0.2, 0) is 6.54 Å². The van der Waals surface area contributed by atoms with Gasteiger partial charge in [0.15, 0.2) is 5.78 Å². The number of Topliss-reactive ketones (excluding diaryl/α,β-unsaturated/α-hetero) is 1. The summed E-state index contributed by atoms with van der Waals surface area (Å²) in [5.41, 5.74) is 2.99. The van der Waals surface area contributed by atoms with Gasteiger partial charge >= 0.3 is 0 Å². The molecule has 3 heterocycles. The normalized spacial score (nSPS) is 11.3. The van der Waals surface area contributed by atoms with Gasteiger partial charge in [-0.25, -0.2) is 4.98 Å². The maximum absolute atomic E-state index is 13.3. The van der Waals surface area contributed by atoms with Crippen LogP contribution in [0.2, 0.25) is 0 Å². The molecule has 5 nitrogen and oxygen atoms in total. The van der Waals surface area contributed by atoms with Gasteiger partial charge in [0.05, 0.1) is 29.5 Å². The summed E-state index contributed by atoms with van der Waals surface area (Å²) in [6.45, 7) is -0.0562. The Kier molecular flexibility index (Phi) is 3.91. The van der Waals surface area contributed by atoms with Crippen LogP contribution in [0, 0.1) is 0 Å². The van der Waals surface area contributed by atoms with E-state index in [0.717, 1.165) is 22.2 Å². The molecule has 2 aromatic carbocycles. The molecule has 0 saturated carbocycles. The number of carbonyl (C=O) groups is 1. The Labute approximate surface area is 163 Å². The fraction of sp³-hybridized carbons (Fsp3) is 0.0455. The number of rotatable bonds is 4. The lowest BCUT2D eigenvalue weighted by Crippen LogP contribution is -2.24. The van der Waals surface area contributed by atoms with Crippen molar-refractivity contribution < 1.29 is 4.79 Å². The molecule has 0 radical (unpaired) electrons. The number of aromatic nitrogens is 3. The van der Waals surface area contributed by atoms with Crippen LogP contribution in [0.25, 0.3) is 32.4 Å². The van der Waals surface area contributed by atoms with E-state index in [2.05, 4.69) is 9.97 Å². The Morgan fingerprint density at radius 1 is 1.00 bits per heavy atom. The number of thiophene rings is 1. The molecule has 3 aromatic heterocycles. The molecular formula is C22H15N3O2S. The average Bonchev–Trinajstić information content (AvgIpc) is 3.35. The van der Waals surface area contributed by atoms with Crippen LogP contribution in [0.15, 0.2) is 77.2 Å². The van der Waals surface area contributed by atoms with E-state index in [0.29, 0.717) is 15.8 Å². The molecule has 5 rings (SSSR count). The van der Waals surface area contributed by atoms with Crippen molar-refractivity contribution in [2.24, 2.45) is 0 Å². The Hall–Kier alpha value is -3.51. The van der Waals surface area contributed by atoms with Crippen molar-refractivity contribution >= 4 is 38.2 Å². The van der Waals surface area contributed by atoms with E-state index in [4.69, 9.17) is 0 Å². The highest BCUT2D eigenvalue weighted by molar-refractivity contribution is 7.16. The first-order valence-corrected chi connectivity index (χ1v) is 9.72. The second kappa shape index (κ2) is 6.58. The number of hydrogen-bond acceptors (Lipinski definition) is 4. The van der Waals surface area contributed by atoms with E-state index in [1.807, 2.05) is 60.0 Å². The number of para-hydroxylation sites is 1. The van der Waals surface area contributed by atoms with Gasteiger partial charge in [-0.2, -0.15) is 0 Å². The van der Waals surface area contributed by atoms with Gasteiger partial charge in [0.2, 0.25) is 0 Å². The second-order valence-electron chi connectivity index (χ2n) is 6.53. The van der Waals surface area contributed by atoms with E-state index in [1.165, 1.54) is 22.2 Å². The van der Waals surface area contributed by atoms with Gasteiger partial charge in [0.1, 0.15) is 4.83 Å². The van der Waals surface area contributed by atoms with Gasteiger partial charge in [-0.1, -0.05) is 48.5 Å². The van der Waals surface area contributed by atoms with Crippen LogP contribution in [0.3, 0.4) is 0 Å². The summed E-state index contributed by atoms with van der Waals surface area (Å²) in [4.78, 5) is 34.3. The Morgan fingerprint density at radius 2 is 1.79 bits per heavy atom. The summed E-state index contributed by atoms with van der Waals surface area (Å²) < 4.78 is 1.38. The monoisotopic (exact) mass is 385 g/mol. The Balaban J connectivity index is 1.64. The fourth-order valence-corrected chi connectivity index (χ4v) is 4.22. The third kappa shape index (κ3) is 2.66. The van der Waals surface area contributed by atoms with Crippen LogP contribution in [-0.4, -0.2) is 20.3 Å². The van der Waals surface area contributed by atoms with Gasteiger partial charge in [-0.15, -0.1) is 11.3 Å². The van der Waals surface area contributed by atoms with E-state index in [-0.39, 0.29) is 17.9 Å². The number of hydrogen-bond donors (Lipinski definition) is 1. The summed E-state index contributed by atoms with van der Waals surface area (Å²) >= 11 is 1.41. The summed E-state index contributed by atoms with van der Waals surface area (Å²) in [6.07, 6.45) is 1.45. The summed E-state index contributed by atoms with van der Waals surface area (Å²) in [7, 11) is 0. The number of carbonyl (C=O) groups excluding carboxylic acids is 1. The molecule has 0 aliphatic rings. The summed E-state index contributed by atoms with van der Waals surface area (Å²) in [5.74, 6) is -0.130. The lowest BCUT2D eigenvalue weighted by Gasteiger charge is -2.07. The lowest BCUT2D eigenvalue weighted by atomic mass is 10.0. The second-order valence-corrected chi connectivity index (χ2v) is 7.42. The van der Waals surface area contributed by atoms with Crippen LogP contribution < -0.4 is 5.56 Å². The van der Waals surface area contributed by atoms with Gasteiger partial charge < -0.3 is 4.98 Å². The van der Waals surface area contributed by atoms with Crippen molar-refractivity contribution in [1.29, 1.82) is 0 Å². The summed E-state index contributed by atoms with van der Waals surface area (Å²) in [5, 5.41) is 3.23. The van der Waals surface area contributed by atoms with E-state index in [1.54, 1.807) is 6.07 Å². The average molecular weight is 385 g/mol. The molecule has 6 heteroatoms. The standard InChI is InChI=1S/C22H15N3O2S/c26-18(12-25-13-23-21-16(22(25)27)10-11-28-21)19-15-8-4-5-9-17(15)24-20(19)14-6-2-1-3-7-14/h1-11,13,24H,12H2. The highest BCUT2D eigenvalue weighted by atomic mass is 32.1. The SMILES string of the molecule is O=C(Cn1cnc2sccc2c1=O)c1c(-c2ccccc2)[nH]c2ccccc12. The van der Waals surface area contributed by atoms with Crippen LogP contribution in [0.5, 0.6) is 0 Å². The largest absolute Gasteiger partial charge is 0.354 e. The number of nitrogens with zero attached hydrogens (tertiary/aromatic N) is 2. The molecule has 1 N–H and O–H groups in total. The smallest absolute Gasteiger partial charge is 0.262 e. The third-order valence-corrected chi connectivity index (χ3v) is 5.63. The van der Waals surface area contributed by atoms with Crippen molar-refractivity contribution in [2.75, 3.05) is 0 Å². The Morgan fingerprint density at radius 3 is 2.64 bits per heavy atom. The molecule has 5 aromatic rings. The predicted octanol–water partition coefficient (Wildman–Crippen LogP) is 4.49. The minimum absolute atomic E-state index is 0.0562. The van der Waals surface area contributed by atoms with Crippen molar-refractivity contribution in [3.05, 3.63) is 88.3 Å². The van der Waals surface area contributed by atoms with E-state index < -0.39 is 0 Å². The quantitative estimate of drug-likeness (QED) is 0.464. The van der Waals surface area contributed by atoms with Crippen LogP contribution in [0.1, 0.15) is 10.4 Å². The van der Waals surface area contributed by atoms with Gasteiger partial charge in [-0.05, 0) is 23.1 Å². The molecule has 0 unspecified atom stereocenters. The van der Waals surface area contributed by atoms with Crippen LogP contribution >= 0.6 is 11.3 Å². The topological polar surface area (TPSA) is 67.8 Å². The fourth-order valence-electron chi connectivity index (χ4n) is 3.49. The minimum Gasteiger partial charge on any atom is -0.354 e. The molecule has 0 saturated heterocycles. The van der Waals surface area contributed by atoms with E-state index in [9.17, 15) is 9.59 Å². The highest BCUT2D eigenvalue weighted by Gasteiger charge is 2.20. The zero-order valence-corrected chi connectivity index (χ0v) is 15.6. The molecule has 0 aliphatic carbocycles. The molecule has 136 valence electrons. The van der Waals surface area contributed by atoms with Crippen molar-refractivity contribution in [1.82, 2.24) is 14.5 Å². The van der Waals surface area contributed by atoms with Gasteiger partial charge in [0.25, 0.3) is 5.56 Å². The molecule has 28 heavy (non-hydrogen) atoms. The van der Waals surface area contributed by atoms with Gasteiger partial charge in [-0.3, -0.25) is 14.2 Å². The van der Waals surface area contributed by atoms with Crippen molar-refractivity contribution in [3.63, 3.8) is 0 Å². The number of H-pyrrole nitrogens is 1. The Bertz CT molecular complexity index is 1380. The predicted molar refractivity (Wildman–Crippen MR) is 112 cm³/mol. The maximum Gasteiger partial charge on any atom is 0.262 e. The molecule has 0 amide bonds. The third-order valence-electron chi connectivity index (χ3n) is 4.81. The van der Waals surface area contributed by atoms with Crippen molar-refractivity contribution in [2.45, 2.75) is 6.54 Å².